The summed E-state index contributed by atoms with van der Waals surface area (Å²) in [5.74, 6) is -0.142. The fraction of sp³-hybridized carbons (Fsp3) is 0.667. The van der Waals surface area contributed by atoms with E-state index in [1.807, 2.05) is 0 Å². The fourth-order valence-corrected chi connectivity index (χ4v) is 2.31. The molecule has 0 aromatic heterocycles. The summed E-state index contributed by atoms with van der Waals surface area (Å²) in [4.78, 5) is 1.41. The van der Waals surface area contributed by atoms with Crippen molar-refractivity contribution in [3.05, 3.63) is 12.7 Å². The van der Waals surface area contributed by atoms with Gasteiger partial charge in [0, 0.05) is 13.6 Å². The molecular weight excluding hydrogens is 180 g/mol. The number of aliphatic hydroxyl groups excluding tert-OH is 1. The van der Waals surface area contributed by atoms with Crippen molar-refractivity contribution in [3.8, 4) is 0 Å². The number of aliphatic hydroxyl groups is 1. The van der Waals surface area contributed by atoms with Crippen molar-refractivity contribution in [3.63, 3.8) is 0 Å². The van der Waals surface area contributed by atoms with Gasteiger partial charge in [-0.2, -0.15) is 4.31 Å². The van der Waals surface area contributed by atoms with Crippen molar-refractivity contribution >= 4 is 10.0 Å². The molecule has 6 heteroatoms. The van der Waals surface area contributed by atoms with E-state index < -0.39 is 16.4 Å². The minimum atomic E-state index is -3.28. The Kier molecular flexibility index (Phi) is 2.52. The van der Waals surface area contributed by atoms with Gasteiger partial charge in [-0.1, -0.05) is 6.08 Å². The Bertz CT molecular complexity index is 275. The zero-order chi connectivity index (χ0) is 9.35. The summed E-state index contributed by atoms with van der Waals surface area (Å²) < 4.78 is 23.2. The van der Waals surface area contributed by atoms with Gasteiger partial charge in [0.05, 0.1) is 0 Å². The Hall–Kier alpha value is -0.430. The number of sulfonamides is 1. The lowest BCUT2D eigenvalue weighted by atomic mass is 10.5. The van der Waals surface area contributed by atoms with E-state index in [2.05, 4.69) is 6.58 Å². The topological polar surface area (TPSA) is 60.9 Å². The standard InChI is InChI=1S/C6H12N2O3S/c1-3-4-8-5-12(10,11)7(2)6(8)9/h3,6,9H,1,4-5H2,2H3. The lowest BCUT2D eigenvalue weighted by Gasteiger charge is -2.18. The third-order valence-electron chi connectivity index (χ3n) is 1.78. The van der Waals surface area contributed by atoms with Gasteiger partial charge < -0.3 is 5.11 Å². The molecule has 0 amide bonds. The normalized spacial score (nSPS) is 30.7. The minimum Gasteiger partial charge on any atom is -0.364 e. The van der Waals surface area contributed by atoms with Crippen LogP contribution in [0.15, 0.2) is 12.7 Å². The Morgan fingerprint density at radius 1 is 1.75 bits per heavy atom. The largest absolute Gasteiger partial charge is 0.364 e. The van der Waals surface area contributed by atoms with Gasteiger partial charge >= 0.3 is 0 Å². The number of nitrogens with zero attached hydrogens (tertiary/aromatic N) is 2. The summed E-state index contributed by atoms with van der Waals surface area (Å²) in [6.45, 7) is 3.83. The molecule has 12 heavy (non-hydrogen) atoms. The Balaban J connectivity index is 2.81. The predicted molar refractivity (Wildman–Crippen MR) is 44.5 cm³/mol. The minimum absolute atomic E-state index is 0.142. The van der Waals surface area contributed by atoms with E-state index >= 15 is 0 Å². The van der Waals surface area contributed by atoms with E-state index in [0.29, 0.717) is 6.54 Å². The molecule has 5 nitrogen and oxygen atoms in total. The lowest BCUT2D eigenvalue weighted by Crippen LogP contribution is -2.36. The first kappa shape index (κ1) is 9.66. The van der Waals surface area contributed by atoms with Gasteiger partial charge in [-0.3, -0.25) is 0 Å². The molecule has 1 saturated heterocycles. The van der Waals surface area contributed by atoms with Crippen molar-refractivity contribution in [2.24, 2.45) is 0 Å². The molecule has 1 rings (SSSR count). The molecule has 1 unspecified atom stereocenters. The Morgan fingerprint density at radius 2 is 2.33 bits per heavy atom. The van der Waals surface area contributed by atoms with E-state index in [4.69, 9.17) is 0 Å². The van der Waals surface area contributed by atoms with E-state index in [1.165, 1.54) is 11.9 Å². The van der Waals surface area contributed by atoms with Crippen LogP contribution in [0, 0.1) is 0 Å². The molecule has 1 heterocycles. The second-order valence-electron chi connectivity index (χ2n) is 2.66. The van der Waals surface area contributed by atoms with Crippen LogP contribution in [0.3, 0.4) is 0 Å². The average molecular weight is 192 g/mol. The summed E-state index contributed by atoms with van der Waals surface area (Å²) in [5.41, 5.74) is 0. The molecule has 0 aromatic carbocycles. The van der Waals surface area contributed by atoms with Crippen molar-refractivity contribution in [1.29, 1.82) is 0 Å². The van der Waals surface area contributed by atoms with Crippen molar-refractivity contribution < 1.29 is 13.5 Å². The Morgan fingerprint density at radius 3 is 2.67 bits per heavy atom. The second-order valence-corrected chi connectivity index (χ2v) is 4.66. The molecule has 1 fully saturated rings. The fourth-order valence-electron chi connectivity index (χ4n) is 1.05. The van der Waals surface area contributed by atoms with E-state index in [0.717, 1.165) is 4.31 Å². The Labute approximate surface area is 71.9 Å². The third-order valence-corrected chi connectivity index (χ3v) is 3.51. The highest BCUT2D eigenvalue weighted by atomic mass is 32.2. The summed E-state index contributed by atoms with van der Waals surface area (Å²) >= 11 is 0. The highest BCUT2D eigenvalue weighted by molar-refractivity contribution is 7.89. The van der Waals surface area contributed by atoms with E-state index in [9.17, 15) is 13.5 Å². The second kappa shape index (κ2) is 3.14. The summed E-state index contributed by atoms with van der Waals surface area (Å²) in [6, 6.07) is 0. The molecule has 1 N–H and O–H groups in total. The van der Waals surface area contributed by atoms with Gasteiger partial charge in [-0.05, 0) is 0 Å². The van der Waals surface area contributed by atoms with Crippen LogP contribution in [-0.4, -0.2) is 48.6 Å². The zero-order valence-electron chi connectivity index (χ0n) is 6.84. The molecular formula is C6H12N2O3S. The van der Waals surface area contributed by atoms with Gasteiger partial charge in [0.25, 0.3) is 0 Å². The summed E-state index contributed by atoms with van der Waals surface area (Å²) in [7, 11) is -1.93. The first-order chi connectivity index (χ1) is 5.49. The monoisotopic (exact) mass is 192 g/mol. The average Bonchev–Trinajstić information content (AvgIpc) is 2.16. The highest BCUT2D eigenvalue weighted by Gasteiger charge is 2.38. The zero-order valence-corrected chi connectivity index (χ0v) is 7.66. The molecule has 0 aromatic rings. The van der Waals surface area contributed by atoms with Crippen LogP contribution in [0.2, 0.25) is 0 Å². The van der Waals surface area contributed by atoms with Crippen LogP contribution in [0.4, 0.5) is 0 Å². The van der Waals surface area contributed by atoms with Gasteiger partial charge in [0.2, 0.25) is 10.0 Å². The quantitative estimate of drug-likeness (QED) is 0.569. The number of hydrogen-bond donors (Lipinski definition) is 1. The molecule has 1 atom stereocenters. The molecule has 0 spiro atoms. The lowest BCUT2D eigenvalue weighted by molar-refractivity contribution is -0.0284. The number of hydrogen-bond acceptors (Lipinski definition) is 4. The van der Waals surface area contributed by atoms with Crippen molar-refractivity contribution in [2.45, 2.75) is 6.35 Å². The summed E-state index contributed by atoms with van der Waals surface area (Å²) in [6.07, 6.45) is 0.505. The maximum absolute atomic E-state index is 11.1. The van der Waals surface area contributed by atoms with Crippen molar-refractivity contribution in [1.82, 2.24) is 9.21 Å². The number of rotatable bonds is 2. The van der Waals surface area contributed by atoms with Crippen LogP contribution < -0.4 is 0 Å². The van der Waals surface area contributed by atoms with Gasteiger partial charge in [-0.25, -0.2) is 13.3 Å². The van der Waals surface area contributed by atoms with E-state index in [-0.39, 0.29) is 5.88 Å². The predicted octanol–water partition coefficient (Wildman–Crippen LogP) is -1.02. The van der Waals surface area contributed by atoms with Crippen molar-refractivity contribution in [2.75, 3.05) is 19.5 Å². The van der Waals surface area contributed by atoms with Crippen LogP contribution >= 0.6 is 0 Å². The first-order valence-corrected chi connectivity index (χ1v) is 5.08. The van der Waals surface area contributed by atoms with E-state index in [1.54, 1.807) is 6.08 Å². The molecule has 0 saturated carbocycles. The molecule has 1 aliphatic rings. The summed E-state index contributed by atoms with van der Waals surface area (Å²) in [5, 5.41) is 9.35. The molecule has 0 bridgehead atoms. The first-order valence-electron chi connectivity index (χ1n) is 3.48. The molecule has 0 aliphatic carbocycles. The van der Waals surface area contributed by atoms with Gasteiger partial charge in [0.1, 0.15) is 5.88 Å². The van der Waals surface area contributed by atoms with Gasteiger partial charge in [-0.15, -0.1) is 6.58 Å². The van der Waals surface area contributed by atoms with Crippen LogP contribution in [0.25, 0.3) is 0 Å². The van der Waals surface area contributed by atoms with Crippen LogP contribution in [0.5, 0.6) is 0 Å². The van der Waals surface area contributed by atoms with Gasteiger partial charge in [0.15, 0.2) is 6.35 Å². The maximum Gasteiger partial charge on any atom is 0.230 e. The SMILES string of the molecule is C=CCN1CS(=O)(=O)N(C)C1O. The van der Waals surface area contributed by atoms with Crippen LogP contribution in [-0.2, 0) is 10.0 Å². The molecule has 70 valence electrons. The maximum atomic E-state index is 11.1. The molecule has 1 aliphatic heterocycles. The molecule has 0 radical (unpaired) electrons. The smallest absolute Gasteiger partial charge is 0.230 e. The van der Waals surface area contributed by atoms with Crippen LogP contribution in [0.1, 0.15) is 0 Å². The highest BCUT2D eigenvalue weighted by Crippen LogP contribution is 2.17. The third kappa shape index (κ3) is 1.51.